The molecule has 1 aromatic heterocycles. The molecule has 0 unspecified atom stereocenters. The van der Waals surface area contributed by atoms with Gasteiger partial charge in [-0.05, 0) is 36.4 Å². The molecule has 3 rings (SSSR count). The number of carbonyl (C=O) groups is 1. The van der Waals surface area contributed by atoms with Crippen LogP contribution in [0.4, 0.5) is 17.2 Å². The number of amides is 1. The first-order valence-electron chi connectivity index (χ1n) is 8.03. The van der Waals surface area contributed by atoms with Gasteiger partial charge in [-0.2, -0.15) is 0 Å². The number of H-pyrrole nitrogens is 1. The first-order chi connectivity index (χ1) is 13.4. The number of aromatic amines is 1. The number of thioether (sulfide) groups is 1. The standard InChI is InChI=1S/C18H16ClN5O2S2/c19-10-5-7-11(8-6-10)28-13-4-2-1-3-12(13)22-14(25)9-27-18-23-16(21)15(20)17(26)24-18/h1-8H,9,20H2,(H,22,25)(H3,21,23,24,26). The van der Waals surface area contributed by atoms with Gasteiger partial charge in [0, 0.05) is 14.8 Å². The van der Waals surface area contributed by atoms with Gasteiger partial charge in [0.15, 0.2) is 11.0 Å². The van der Waals surface area contributed by atoms with E-state index in [1.165, 1.54) is 11.8 Å². The Morgan fingerprint density at radius 1 is 1.14 bits per heavy atom. The number of nitrogens with one attached hydrogen (secondary N) is 2. The van der Waals surface area contributed by atoms with Crippen molar-refractivity contribution >= 4 is 58.2 Å². The number of benzene rings is 2. The van der Waals surface area contributed by atoms with Gasteiger partial charge >= 0.3 is 0 Å². The van der Waals surface area contributed by atoms with E-state index < -0.39 is 5.56 Å². The monoisotopic (exact) mass is 433 g/mol. The largest absolute Gasteiger partial charge is 0.391 e. The number of para-hydroxylation sites is 1. The molecule has 3 aromatic rings. The van der Waals surface area contributed by atoms with E-state index >= 15 is 0 Å². The van der Waals surface area contributed by atoms with Crippen LogP contribution >= 0.6 is 35.1 Å². The number of nitrogens with two attached hydrogens (primary N) is 2. The van der Waals surface area contributed by atoms with Crippen molar-refractivity contribution in [2.24, 2.45) is 0 Å². The molecule has 0 radical (unpaired) electrons. The van der Waals surface area contributed by atoms with E-state index in [0.717, 1.165) is 21.6 Å². The molecule has 0 aliphatic heterocycles. The summed E-state index contributed by atoms with van der Waals surface area (Å²) in [7, 11) is 0. The topological polar surface area (TPSA) is 127 Å². The molecule has 0 spiro atoms. The van der Waals surface area contributed by atoms with Gasteiger partial charge in [0.2, 0.25) is 5.91 Å². The third-order valence-corrected chi connectivity index (χ3v) is 5.71. The lowest BCUT2D eigenvalue weighted by molar-refractivity contribution is -0.113. The third kappa shape index (κ3) is 5.22. The average molecular weight is 434 g/mol. The number of anilines is 3. The minimum Gasteiger partial charge on any atom is -0.391 e. The van der Waals surface area contributed by atoms with Crippen LogP contribution in [0, 0.1) is 0 Å². The van der Waals surface area contributed by atoms with E-state index in [1.54, 1.807) is 0 Å². The number of nitrogen functional groups attached to an aromatic ring is 2. The van der Waals surface area contributed by atoms with Crippen molar-refractivity contribution in [1.29, 1.82) is 0 Å². The summed E-state index contributed by atoms with van der Waals surface area (Å²) in [6.45, 7) is 0. The zero-order chi connectivity index (χ0) is 20.1. The number of aromatic nitrogens is 2. The first kappa shape index (κ1) is 20.1. The molecule has 0 fully saturated rings. The van der Waals surface area contributed by atoms with Crippen LogP contribution in [0.25, 0.3) is 0 Å². The van der Waals surface area contributed by atoms with Crippen molar-refractivity contribution in [3.63, 3.8) is 0 Å². The first-order valence-corrected chi connectivity index (χ1v) is 10.2. The second kappa shape index (κ2) is 9.05. The molecule has 0 saturated heterocycles. The molecule has 144 valence electrons. The van der Waals surface area contributed by atoms with Crippen molar-refractivity contribution < 1.29 is 4.79 Å². The molecule has 7 nitrogen and oxygen atoms in total. The summed E-state index contributed by atoms with van der Waals surface area (Å²) < 4.78 is 0. The highest BCUT2D eigenvalue weighted by Gasteiger charge is 2.11. The normalized spacial score (nSPS) is 10.6. The van der Waals surface area contributed by atoms with Crippen LogP contribution in [-0.2, 0) is 4.79 Å². The van der Waals surface area contributed by atoms with Crippen molar-refractivity contribution in [2.45, 2.75) is 14.9 Å². The number of rotatable bonds is 6. The maximum atomic E-state index is 12.3. The summed E-state index contributed by atoms with van der Waals surface area (Å²) in [6.07, 6.45) is 0. The second-order valence-electron chi connectivity index (χ2n) is 5.56. The lowest BCUT2D eigenvalue weighted by Gasteiger charge is -2.11. The predicted octanol–water partition coefficient (Wildman–Crippen LogP) is 3.47. The summed E-state index contributed by atoms with van der Waals surface area (Å²) in [4.78, 5) is 32.3. The average Bonchev–Trinajstić information content (AvgIpc) is 2.67. The summed E-state index contributed by atoms with van der Waals surface area (Å²) in [5.74, 6) is -0.254. The van der Waals surface area contributed by atoms with Crippen LogP contribution in [0.1, 0.15) is 0 Å². The maximum Gasteiger partial charge on any atom is 0.276 e. The molecular weight excluding hydrogens is 418 g/mol. The van der Waals surface area contributed by atoms with Crippen molar-refractivity contribution in [2.75, 3.05) is 22.5 Å². The summed E-state index contributed by atoms with van der Waals surface area (Å²) >= 11 is 8.49. The highest BCUT2D eigenvalue weighted by atomic mass is 35.5. The molecule has 0 aliphatic rings. The van der Waals surface area contributed by atoms with Crippen molar-refractivity contribution in [1.82, 2.24) is 9.97 Å². The van der Waals surface area contributed by atoms with E-state index in [9.17, 15) is 9.59 Å². The van der Waals surface area contributed by atoms with Gasteiger partial charge in [-0.1, -0.05) is 47.3 Å². The Labute approximate surface area is 174 Å². The van der Waals surface area contributed by atoms with E-state index in [0.29, 0.717) is 10.7 Å². The summed E-state index contributed by atoms with van der Waals surface area (Å²) in [6, 6.07) is 14.9. The molecule has 10 heteroatoms. The molecule has 6 N–H and O–H groups in total. The van der Waals surface area contributed by atoms with E-state index in [4.69, 9.17) is 23.1 Å². The van der Waals surface area contributed by atoms with Crippen LogP contribution in [0.5, 0.6) is 0 Å². The fourth-order valence-corrected chi connectivity index (χ4v) is 3.85. The highest BCUT2D eigenvalue weighted by Crippen LogP contribution is 2.34. The predicted molar refractivity (Wildman–Crippen MR) is 115 cm³/mol. The Balaban J connectivity index is 1.66. The van der Waals surface area contributed by atoms with Gasteiger partial charge in [0.1, 0.15) is 5.69 Å². The van der Waals surface area contributed by atoms with Crippen molar-refractivity contribution in [3.8, 4) is 0 Å². The SMILES string of the molecule is Nc1nc(SCC(=O)Nc2ccccc2Sc2ccc(Cl)cc2)[nH]c(=O)c1N. The van der Waals surface area contributed by atoms with Gasteiger partial charge in [0.05, 0.1) is 11.4 Å². The van der Waals surface area contributed by atoms with Gasteiger partial charge in [0.25, 0.3) is 5.56 Å². The van der Waals surface area contributed by atoms with Crippen LogP contribution in [0.2, 0.25) is 5.02 Å². The molecule has 1 heterocycles. The zero-order valence-electron chi connectivity index (χ0n) is 14.4. The molecule has 0 aliphatic carbocycles. The lowest BCUT2D eigenvalue weighted by atomic mass is 10.3. The quantitative estimate of drug-likeness (QED) is 0.346. The van der Waals surface area contributed by atoms with E-state index in [-0.39, 0.29) is 28.3 Å². The fraction of sp³-hybridized carbons (Fsp3) is 0.0556. The fourth-order valence-electron chi connectivity index (χ4n) is 2.16. The van der Waals surface area contributed by atoms with Crippen molar-refractivity contribution in [3.05, 3.63) is 63.9 Å². The van der Waals surface area contributed by atoms with Crippen LogP contribution < -0.4 is 22.3 Å². The highest BCUT2D eigenvalue weighted by molar-refractivity contribution is 8.00. The van der Waals surface area contributed by atoms with Gasteiger partial charge in [-0.25, -0.2) is 4.98 Å². The lowest BCUT2D eigenvalue weighted by Crippen LogP contribution is -2.18. The van der Waals surface area contributed by atoms with Gasteiger partial charge in [-0.15, -0.1) is 0 Å². The number of hydrogen-bond acceptors (Lipinski definition) is 7. The number of halogens is 1. The summed E-state index contributed by atoms with van der Waals surface area (Å²) in [5.41, 5.74) is 11.1. The molecule has 0 atom stereocenters. The van der Waals surface area contributed by atoms with Crippen LogP contribution in [-0.4, -0.2) is 21.6 Å². The summed E-state index contributed by atoms with van der Waals surface area (Å²) in [5, 5.41) is 3.77. The molecule has 0 bridgehead atoms. The Morgan fingerprint density at radius 3 is 2.57 bits per heavy atom. The minimum absolute atomic E-state index is 0.0479. The van der Waals surface area contributed by atoms with E-state index in [1.807, 2.05) is 48.5 Å². The van der Waals surface area contributed by atoms with Gasteiger partial charge < -0.3 is 16.8 Å². The molecule has 1 amide bonds. The van der Waals surface area contributed by atoms with Crippen LogP contribution in [0.15, 0.2) is 68.3 Å². The maximum absolute atomic E-state index is 12.3. The molecule has 0 saturated carbocycles. The van der Waals surface area contributed by atoms with E-state index in [2.05, 4.69) is 15.3 Å². The zero-order valence-corrected chi connectivity index (χ0v) is 16.8. The molecule has 2 aromatic carbocycles. The smallest absolute Gasteiger partial charge is 0.276 e. The number of hydrogen-bond donors (Lipinski definition) is 4. The number of nitrogens with zero attached hydrogens (tertiary/aromatic N) is 1. The Hall–Kier alpha value is -2.62. The Bertz CT molecular complexity index is 1060. The second-order valence-corrected chi connectivity index (χ2v) is 8.07. The Kier molecular flexibility index (Phi) is 6.50. The molecular formula is C18H16ClN5O2S2. The Morgan fingerprint density at radius 2 is 1.86 bits per heavy atom. The number of carbonyl (C=O) groups excluding carboxylic acids is 1. The van der Waals surface area contributed by atoms with Crippen LogP contribution in [0.3, 0.4) is 0 Å². The minimum atomic E-state index is -0.528. The third-order valence-electron chi connectivity index (χ3n) is 3.51. The van der Waals surface area contributed by atoms with Gasteiger partial charge in [-0.3, -0.25) is 14.6 Å². The molecule has 28 heavy (non-hydrogen) atoms.